The molecule has 2 heteroatoms. The number of anilines is 3. The third kappa shape index (κ3) is 8.66. The Bertz CT molecular complexity index is 5000. The highest BCUT2D eigenvalue weighted by atomic mass is 15.1. The van der Waals surface area contributed by atoms with Crippen LogP contribution < -0.4 is 4.90 Å². The lowest BCUT2D eigenvalue weighted by Gasteiger charge is -2.27. The number of nitrogens with zero attached hydrogens (tertiary/aromatic N) is 2. The molecule has 0 spiro atoms. The largest absolute Gasteiger partial charge is 0.310 e. The molecule has 0 amide bonds. The predicted octanol–water partition coefficient (Wildman–Crippen LogP) is 23.4. The summed E-state index contributed by atoms with van der Waals surface area (Å²) in [5.41, 5.74) is 23.6. The lowest BCUT2D eigenvalue weighted by molar-refractivity contribution is 1.17. The van der Waals surface area contributed by atoms with Crippen LogP contribution in [0.15, 0.2) is 340 Å². The summed E-state index contributed by atoms with van der Waals surface area (Å²) in [7, 11) is 0. The van der Waals surface area contributed by atoms with Crippen molar-refractivity contribution in [2.75, 3.05) is 4.90 Å². The van der Waals surface area contributed by atoms with Crippen molar-refractivity contribution in [2.24, 2.45) is 0 Å². The molecule has 1 aromatic heterocycles. The molecule has 0 aliphatic rings. The number of rotatable bonds is 11. The minimum absolute atomic E-state index is 1.07. The number of hydrogen-bond donors (Lipinski definition) is 0. The maximum atomic E-state index is 2.45. The summed E-state index contributed by atoms with van der Waals surface area (Å²) in [5.74, 6) is 0. The van der Waals surface area contributed by atoms with Gasteiger partial charge in [-0.1, -0.05) is 273 Å². The van der Waals surface area contributed by atoms with Gasteiger partial charge in [0.05, 0.1) is 16.7 Å². The van der Waals surface area contributed by atoms with Crippen LogP contribution >= 0.6 is 0 Å². The molecule has 0 atom stereocenters. The van der Waals surface area contributed by atoms with Gasteiger partial charge in [-0.15, -0.1) is 0 Å². The van der Waals surface area contributed by atoms with E-state index in [1.54, 1.807) is 0 Å². The zero-order valence-corrected chi connectivity index (χ0v) is 47.2. The first-order chi connectivity index (χ1) is 42.7. The van der Waals surface area contributed by atoms with E-state index in [2.05, 4.69) is 349 Å². The second kappa shape index (κ2) is 21.5. The molecule has 2 nitrogen and oxygen atoms in total. The minimum atomic E-state index is 1.07. The fourth-order valence-electron chi connectivity index (χ4n) is 13.6. The molecule has 0 radical (unpaired) electrons. The van der Waals surface area contributed by atoms with Crippen molar-refractivity contribution in [3.63, 3.8) is 0 Å². The molecule has 0 unspecified atom stereocenters. The molecule has 1 heterocycles. The normalized spacial score (nSPS) is 11.5. The zero-order chi connectivity index (χ0) is 56.9. The predicted molar refractivity (Wildman–Crippen MR) is 366 cm³/mol. The summed E-state index contributed by atoms with van der Waals surface area (Å²) in [6, 6.07) is 125. The number of para-hydroxylation sites is 1. The smallest absolute Gasteiger partial charge is 0.0541 e. The maximum Gasteiger partial charge on any atom is 0.0541 e. The average molecular weight is 1090 g/mol. The third-order valence-electron chi connectivity index (χ3n) is 17.4. The van der Waals surface area contributed by atoms with Gasteiger partial charge in [0.25, 0.3) is 0 Å². The van der Waals surface area contributed by atoms with Gasteiger partial charge in [-0.05, 0) is 172 Å². The van der Waals surface area contributed by atoms with Crippen LogP contribution in [0.25, 0.3) is 138 Å². The number of benzene rings is 15. The van der Waals surface area contributed by atoms with Crippen molar-refractivity contribution in [3.05, 3.63) is 340 Å². The lowest BCUT2D eigenvalue weighted by Crippen LogP contribution is -2.10. The fraction of sp³-hybridized carbons (Fsp3) is 0. The van der Waals surface area contributed by atoms with Gasteiger partial charge < -0.3 is 9.47 Å². The van der Waals surface area contributed by atoms with E-state index in [-0.39, 0.29) is 0 Å². The lowest BCUT2D eigenvalue weighted by atomic mass is 9.83. The molecule has 0 bridgehead atoms. The van der Waals surface area contributed by atoms with E-state index in [0.717, 1.165) is 33.8 Å². The standard InChI is InChI=1S/C84H56N2/c1-5-25-57(26-6-1)65-33-13-15-36-68(65)60-47-53-81-78(55-60)79-56-61(69-37-16-14-34-66(69)58-27-7-2-8-28-58)48-54-82(79)86(81)64-51-49-63(50-52-64)85(62-31-11-4-12-32-62)80-46-24-43-70-71(80)44-23-45-73(70)84-76-41-21-19-39-74(76)83(75-40-20-22-42-77(75)84)72-38-18-17-35-67(72)59-29-9-3-10-30-59/h1-56H. The summed E-state index contributed by atoms with van der Waals surface area (Å²) in [5, 5.41) is 9.68. The van der Waals surface area contributed by atoms with Gasteiger partial charge in [-0.25, -0.2) is 0 Å². The fourth-order valence-corrected chi connectivity index (χ4v) is 13.6. The van der Waals surface area contributed by atoms with Crippen molar-refractivity contribution < 1.29 is 0 Å². The summed E-state index contributed by atoms with van der Waals surface area (Å²) < 4.78 is 2.45. The zero-order valence-electron chi connectivity index (χ0n) is 47.2. The number of fused-ring (bicyclic) bond motifs is 6. The second-order valence-corrected chi connectivity index (χ2v) is 22.2. The number of aromatic nitrogens is 1. The molecule has 15 aromatic carbocycles. The Labute approximate surface area is 501 Å². The van der Waals surface area contributed by atoms with Crippen molar-refractivity contribution in [3.8, 4) is 83.6 Å². The van der Waals surface area contributed by atoms with E-state index in [1.165, 1.54) is 121 Å². The summed E-state index contributed by atoms with van der Waals surface area (Å²) in [4.78, 5) is 2.43. The van der Waals surface area contributed by atoms with Crippen molar-refractivity contribution in [1.29, 1.82) is 0 Å². The molecule has 0 fully saturated rings. The Kier molecular flexibility index (Phi) is 12.6. The molecule has 16 aromatic rings. The average Bonchev–Trinajstić information content (AvgIpc) is 2.35. The van der Waals surface area contributed by atoms with Gasteiger partial charge in [0.15, 0.2) is 0 Å². The topological polar surface area (TPSA) is 8.17 Å². The maximum absolute atomic E-state index is 2.45. The van der Waals surface area contributed by atoms with Crippen LogP contribution in [0.4, 0.5) is 17.1 Å². The molecule has 16 rings (SSSR count). The van der Waals surface area contributed by atoms with Crippen LogP contribution in [0.5, 0.6) is 0 Å². The first-order valence-corrected chi connectivity index (χ1v) is 29.7. The SMILES string of the molecule is c1ccc(-c2ccccc2-c2ccc3c(c2)c2cc(-c4ccccc4-c4ccccc4)ccc2n3-c2ccc(N(c3ccccc3)c3cccc4c(-c5c6ccccc6c(-c6ccccc6-c6ccccc6)c6ccccc56)cccc34)cc2)cc1. The molecule has 0 saturated heterocycles. The first kappa shape index (κ1) is 50.4. The van der Waals surface area contributed by atoms with Gasteiger partial charge in [0, 0.05) is 33.2 Å². The highest BCUT2D eigenvalue weighted by Gasteiger charge is 2.23. The van der Waals surface area contributed by atoms with Crippen LogP contribution in [0, 0.1) is 0 Å². The summed E-state index contributed by atoms with van der Waals surface area (Å²) >= 11 is 0. The molecule has 86 heavy (non-hydrogen) atoms. The molecule has 402 valence electrons. The Balaban J connectivity index is 0.849. The van der Waals surface area contributed by atoms with Crippen molar-refractivity contribution >= 4 is 71.2 Å². The highest BCUT2D eigenvalue weighted by molar-refractivity contribution is 6.25. The van der Waals surface area contributed by atoms with Crippen LogP contribution in [-0.4, -0.2) is 4.57 Å². The van der Waals surface area contributed by atoms with Gasteiger partial charge in [-0.3, -0.25) is 0 Å². The van der Waals surface area contributed by atoms with Crippen molar-refractivity contribution in [1.82, 2.24) is 4.57 Å². The summed E-state index contributed by atoms with van der Waals surface area (Å²) in [6.07, 6.45) is 0. The Morgan fingerprint density at radius 3 is 1.01 bits per heavy atom. The van der Waals surface area contributed by atoms with Crippen LogP contribution in [0.1, 0.15) is 0 Å². The molecule has 0 N–H and O–H groups in total. The van der Waals surface area contributed by atoms with Gasteiger partial charge in [-0.2, -0.15) is 0 Å². The molecular weight excluding hydrogens is 1040 g/mol. The highest BCUT2D eigenvalue weighted by Crippen LogP contribution is 2.50. The van der Waals surface area contributed by atoms with E-state index in [1.807, 2.05) is 0 Å². The second-order valence-electron chi connectivity index (χ2n) is 22.2. The van der Waals surface area contributed by atoms with Gasteiger partial charge >= 0.3 is 0 Å². The third-order valence-corrected chi connectivity index (χ3v) is 17.4. The van der Waals surface area contributed by atoms with E-state index < -0.39 is 0 Å². The Morgan fingerprint density at radius 2 is 0.535 bits per heavy atom. The van der Waals surface area contributed by atoms with E-state index in [4.69, 9.17) is 0 Å². The van der Waals surface area contributed by atoms with Crippen LogP contribution in [0.3, 0.4) is 0 Å². The number of hydrogen-bond acceptors (Lipinski definition) is 1. The molecule has 0 aliphatic carbocycles. The Hall–Kier alpha value is -11.3. The van der Waals surface area contributed by atoms with Gasteiger partial charge in [0.1, 0.15) is 0 Å². The van der Waals surface area contributed by atoms with E-state index >= 15 is 0 Å². The Morgan fingerprint density at radius 1 is 0.198 bits per heavy atom. The quantitative estimate of drug-likeness (QED) is 0.117. The van der Waals surface area contributed by atoms with Crippen LogP contribution in [-0.2, 0) is 0 Å². The van der Waals surface area contributed by atoms with Gasteiger partial charge in [0.2, 0.25) is 0 Å². The monoisotopic (exact) mass is 1090 g/mol. The molecule has 0 saturated carbocycles. The summed E-state index contributed by atoms with van der Waals surface area (Å²) in [6.45, 7) is 0. The minimum Gasteiger partial charge on any atom is -0.310 e. The van der Waals surface area contributed by atoms with Crippen molar-refractivity contribution in [2.45, 2.75) is 0 Å². The molecule has 0 aliphatic heterocycles. The van der Waals surface area contributed by atoms with E-state index in [9.17, 15) is 0 Å². The van der Waals surface area contributed by atoms with Crippen LogP contribution in [0.2, 0.25) is 0 Å². The first-order valence-electron chi connectivity index (χ1n) is 29.7. The molecular formula is C84H56N2. The van der Waals surface area contributed by atoms with E-state index in [0.29, 0.717) is 0 Å².